The number of hydrogen-bond acceptors (Lipinski definition) is 3. The third kappa shape index (κ3) is 3.83. The second-order valence-corrected chi connectivity index (χ2v) is 7.29. The maximum absolute atomic E-state index is 12.5. The molecule has 28 heavy (non-hydrogen) atoms. The summed E-state index contributed by atoms with van der Waals surface area (Å²) in [6.45, 7) is 0.216. The zero-order valence-corrected chi connectivity index (χ0v) is 16.6. The molecular formula is C20H13Cl3N4O. The standard InChI is InChI=1S/C20H13Cl3N4O/c21-14-5-1-12(2-6-14)19-16(27-18(25-19)10-9-17(23)26-27)11-24-20(28)13-3-7-15(22)8-4-13/h1-10H,11H2,(H,24,28). The van der Waals surface area contributed by atoms with Crippen LogP contribution in [0.5, 0.6) is 0 Å². The first-order valence-corrected chi connectivity index (χ1v) is 9.48. The van der Waals surface area contributed by atoms with E-state index in [2.05, 4.69) is 15.4 Å². The summed E-state index contributed by atoms with van der Waals surface area (Å²) in [7, 11) is 0. The number of nitrogens with zero attached hydrogens (tertiary/aromatic N) is 3. The first-order chi connectivity index (χ1) is 13.5. The largest absolute Gasteiger partial charge is 0.346 e. The summed E-state index contributed by atoms with van der Waals surface area (Å²) in [5.41, 5.74) is 3.41. The average Bonchev–Trinajstić information content (AvgIpc) is 3.05. The minimum absolute atomic E-state index is 0.216. The molecule has 0 fully saturated rings. The average molecular weight is 432 g/mol. The minimum atomic E-state index is -0.226. The Balaban J connectivity index is 1.70. The molecule has 0 atom stereocenters. The smallest absolute Gasteiger partial charge is 0.251 e. The number of imidazole rings is 1. The van der Waals surface area contributed by atoms with Gasteiger partial charge in [0.2, 0.25) is 0 Å². The number of carbonyl (C=O) groups excluding carboxylic acids is 1. The van der Waals surface area contributed by atoms with Crippen LogP contribution in [0.3, 0.4) is 0 Å². The number of carbonyl (C=O) groups is 1. The molecule has 5 nitrogen and oxygen atoms in total. The first-order valence-electron chi connectivity index (χ1n) is 8.35. The van der Waals surface area contributed by atoms with Gasteiger partial charge in [0.1, 0.15) is 5.15 Å². The molecule has 1 amide bonds. The number of hydrogen-bond donors (Lipinski definition) is 1. The molecule has 0 saturated heterocycles. The molecule has 0 radical (unpaired) electrons. The van der Waals surface area contributed by atoms with Crippen LogP contribution in [-0.2, 0) is 6.54 Å². The van der Waals surface area contributed by atoms with Crippen molar-refractivity contribution in [3.63, 3.8) is 0 Å². The Hall–Kier alpha value is -2.60. The van der Waals surface area contributed by atoms with E-state index in [9.17, 15) is 4.79 Å². The molecule has 8 heteroatoms. The lowest BCUT2D eigenvalue weighted by Crippen LogP contribution is -2.24. The van der Waals surface area contributed by atoms with Crippen LogP contribution in [0.4, 0.5) is 0 Å². The van der Waals surface area contributed by atoms with Crippen molar-refractivity contribution in [3.8, 4) is 11.3 Å². The molecule has 2 aromatic carbocycles. The van der Waals surface area contributed by atoms with Gasteiger partial charge >= 0.3 is 0 Å². The molecule has 2 heterocycles. The number of aromatic nitrogens is 3. The van der Waals surface area contributed by atoms with Gasteiger partial charge in [-0.3, -0.25) is 4.79 Å². The Morgan fingerprint density at radius 1 is 0.893 bits per heavy atom. The van der Waals surface area contributed by atoms with Gasteiger partial charge in [-0.05, 0) is 48.5 Å². The third-order valence-electron chi connectivity index (χ3n) is 4.18. The van der Waals surface area contributed by atoms with Crippen molar-refractivity contribution in [2.75, 3.05) is 0 Å². The van der Waals surface area contributed by atoms with E-state index in [-0.39, 0.29) is 12.5 Å². The summed E-state index contributed by atoms with van der Waals surface area (Å²) in [5.74, 6) is -0.226. The molecule has 0 spiro atoms. The van der Waals surface area contributed by atoms with Gasteiger partial charge < -0.3 is 5.32 Å². The van der Waals surface area contributed by atoms with Crippen LogP contribution >= 0.6 is 34.8 Å². The van der Waals surface area contributed by atoms with Crippen molar-refractivity contribution in [1.82, 2.24) is 19.9 Å². The fourth-order valence-electron chi connectivity index (χ4n) is 2.82. The van der Waals surface area contributed by atoms with E-state index in [0.717, 1.165) is 5.56 Å². The van der Waals surface area contributed by atoms with Crippen molar-refractivity contribution >= 4 is 46.4 Å². The summed E-state index contributed by atoms with van der Waals surface area (Å²) in [6.07, 6.45) is 0. The van der Waals surface area contributed by atoms with Crippen LogP contribution in [0.15, 0.2) is 60.7 Å². The van der Waals surface area contributed by atoms with Crippen molar-refractivity contribution in [2.45, 2.75) is 6.54 Å². The number of benzene rings is 2. The van der Waals surface area contributed by atoms with Crippen LogP contribution in [0.2, 0.25) is 15.2 Å². The zero-order valence-electron chi connectivity index (χ0n) is 14.4. The molecule has 140 valence electrons. The maximum Gasteiger partial charge on any atom is 0.251 e. The van der Waals surface area contributed by atoms with Crippen LogP contribution in [0.1, 0.15) is 16.1 Å². The van der Waals surface area contributed by atoms with Gasteiger partial charge in [-0.25, -0.2) is 9.50 Å². The first kappa shape index (κ1) is 18.7. The highest BCUT2D eigenvalue weighted by molar-refractivity contribution is 6.31. The van der Waals surface area contributed by atoms with E-state index in [1.54, 1.807) is 53.0 Å². The van der Waals surface area contributed by atoms with E-state index < -0.39 is 0 Å². The Labute approximate surface area is 175 Å². The Kier molecular flexibility index (Phi) is 5.22. The van der Waals surface area contributed by atoms with Gasteiger partial charge in [-0.15, -0.1) is 0 Å². The molecule has 0 saturated carbocycles. The van der Waals surface area contributed by atoms with E-state index in [0.29, 0.717) is 37.8 Å². The number of nitrogens with one attached hydrogen (secondary N) is 1. The van der Waals surface area contributed by atoms with Gasteiger partial charge in [-0.2, -0.15) is 5.10 Å². The molecule has 1 N–H and O–H groups in total. The van der Waals surface area contributed by atoms with E-state index >= 15 is 0 Å². The molecule has 2 aromatic heterocycles. The van der Waals surface area contributed by atoms with E-state index in [4.69, 9.17) is 34.8 Å². The Bertz CT molecular complexity index is 1150. The lowest BCUT2D eigenvalue weighted by atomic mass is 10.1. The fraction of sp³-hybridized carbons (Fsp3) is 0.0500. The zero-order chi connectivity index (χ0) is 19.7. The maximum atomic E-state index is 12.5. The van der Waals surface area contributed by atoms with Crippen molar-refractivity contribution in [1.29, 1.82) is 0 Å². The van der Waals surface area contributed by atoms with Crippen LogP contribution < -0.4 is 5.32 Å². The van der Waals surface area contributed by atoms with Gasteiger partial charge in [-0.1, -0.05) is 46.9 Å². The van der Waals surface area contributed by atoms with Gasteiger partial charge in [0.05, 0.1) is 17.9 Å². The quantitative estimate of drug-likeness (QED) is 0.478. The SMILES string of the molecule is O=C(NCc1c(-c2ccc(Cl)cc2)nc2ccc(Cl)nn12)c1ccc(Cl)cc1. The molecule has 0 aliphatic rings. The lowest BCUT2D eigenvalue weighted by Gasteiger charge is -2.08. The molecule has 0 unspecified atom stereocenters. The molecule has 4 aromatic rings. The Morgan fingerprint density at radius 3 is 2.21 bits per heavy atom. The van der Waals surface area contributed by atoms with Gasteiger partial charge in [0.15, 0.2) is 5.65 Å². The predicted molar refractivity (Wildman–Crippen MR) is 111 cm³/mol. The molecule has 0 bridgehead atoms. The third-order valence-corrected chi connectivity index (χ3v) is 4.88. The molecule has 0 aliphatic carbocycles. The number of fused-ring (bicyclic) bond motifs is 1. The number of rotatable bonds is 4. The highest BCUT2D eigenvalue weighted by atomic mass is 35.5. The minimum Gasteiger partial charge on any atom is -0.346 e. The Morgan fingerprint density at radius 2 is 1.54 bits per heavy atom. The lowest BCUT2D eigenvalue weighted by molar-refractivity contribution is 0.0950. The van der Waals surface area contributed by atoms with Crippen molar-refractivity contribution in [2.24, 2.45) is 0 Å². The highest BCUT2D eigenvalue weighted by Crippen LogP contribution is 2.26. The second kappa shape index (κ2) is 7.80. The van der Waals surface area contributed by atoms with E-state index in [1.165, 1.54) is 0 Å². The number of amides is 1. The summed E-state index contributed by atoms with van der Waals surface area (Å²) < 4.78 is 1.63. The molecule has 4 rings (SSSR count). The summed E-state index contributed by atoms with van der Waals surface area (Å²) in [4.78, 5) is 17.1. The van der Waals surface area contributed by atoms with Crippen molar-refractivity contribution in [3.05, 3.63) is 87.1 Å². The monoisotopic (exact) mass is 430 g/mol. The fourth-order valence-corrected chi connectivity index (χ4v) is 3.21. The topological polar surface area (TPSA) is 59.3 Å². The predicted octanol–water partition coefficient (Wildman–Crippen LogP) is 5.29. The van der Waals surface area contributed by atoms with Crippen LogP contribution in [0.25, 0.3) is 16.9 Å². The van der Waals surface area contributed by atoms with Crippen LogP contribution in [0, 0.1) is 0 Å². The van der Waals surface area contributed by atoms with Gasteiger partial charge in [0, 0.05) is 21.2 Å². The summed E-state index contributed by atoms with van der Waals surface area (Å²) >= 11 is 17.9. The summed E-state index contributed by atoms with van der Waals surface area (Å²) in [6, 6.07) is 17.4. The summed E-state index contributed by atoms with van der Waals surface area (Å²) in [5, 5.41) is 8.76. The highest BCUT2D eigenvalue weighted by Gasteiger charge is 2.17. The van der Waals surface area contributed by atoms with E-state index in [1.807, 2.05) is 12.1 Å². The number of halogens is 3. The van der Waals surface area contributed by atoms with Crippen LogP contribution in [-0.4, -0.2) is 20.5 Å². The molecule has 0 aliphatic heterocycles. The molecular weight excluding hydrogens is 419 g/mol. The van der Waals surface area contributed by atoms with Crippen molar-refractivity contribution < 1.29 is 4.79 Å². The second-order valence-electron chi connectivity index (χ2n) is 6.03. The van der Waals surface area contributed by atoms with Gasteiger partial charge in [0.25, 0.3) is 5.91 Å². The normalized spacial score (nSPS) is 11.0.